The highest BCUT2D eigenvalue weighted by molar-refractivity contribution is 5.91. The summed E-state index contributed by atoms with van der Waals surface area (Å²) >= 11 is 0. The zero-order chi connectivity index (χ0) is 17.1. The van der Waals surface area contributed by atoms with E-state index in [0.29, 0.717) is 16.5 Å². The van der Waals surface area contributed by atoms with Crippen LogP contribution in [-0.2, 0) is 4.74 Å². The topological polar surface area (TPSA) is 102 Å². The quantitative estimate of drug-likeness (QED) is 0.766. The molecule has 0 unspecified atom stereocenters. The summed E-state index contributed by atoms with van der Waals surface area (Å²) in [6.07, 6.45) is 2.28. The second-order valence-corrected chi connectivity index (χ2v) is 4.92. The van der Waals surface area contributed by atoms with Crippen molar-refractivity contribution in [2.24, 2.45) is 0 Å². The zero-order valence-electron chi connectivity index (χ0n) is 12.8. The number of fused-ring (bicyclic) bond motifs is 1. The molecule has 0 aliphatic heterocycles. The lowest BCUT2D eigenvalue weighted by molar-refractivity contribution is 0.168. The van der Waals surface area contributed by atoms with Crippen molar-refractivity contribution >= 4 is 22.7 Å². The third kappa shape index (κ3) is 3.05. The number of hydrogen-bond acceptors (Lipinski definition) is 6. The first-order valence-electron chi connectivity index (χ1n) is 7.23. The zero-order valence-corrected chi connectivity index (χ0v) is 12.8. The highest BCUT2D eigenvalue weighted by Crippen LogP contribution is 2.32. The first-order chi connectivity index (χ1) is 11.6. The van der Waals surface area contributed by atoms with Crippen molar-refractivity contribution in [2.75, 3.05) is 11.9 Å². The Labute approximate surface area is 136 Å². The van der Waals surface area contributed by atoms with Crippen molar-refractivity contribution in [3.8, 4) is 17.1 Å². The number of benzene rings is 1. The van der Waals surface area contributed by atoms with Gasteiger partial charge in [-0.15, -0.1) is 0 Å². The molecular formula is C17H14N2O5. The van der Waals surface area contributed by atoms with Crippen molar-refractivity contribution in [1.29, 1.82) is 0 Å². The minimum atomic E-state index is -0.672. The molecule has 1 amide bonds. The first kappa shape index (κ1) is 15.5. The second kappa shape index (κ2) is 6.41. The summed E-state index contributed by atoms with van der Waals surface area (Å²) in [6.45, 7) is 1.88. The van der Waals surface area contributed by atoms with Crippen molar-refractivity contribution in [2.45, 2.75) is 6.92 Å². The highest BCUT2D eigenvalue weighted by Gasteiger charge is 2.14. The van der Waals surface area contributed by atoms with Gasteiger partial charge in [-0.2, -0.15) is 0 Å². The first-order valence-corrected chi connectivity index (χ1v) is 7.23. The van der Waals surface area contributed by atoms with E-state index in [1.807, 2.05) is 0 Å². The van der Waals surface area contributed by atoms with E-state index in [9.17, 15) is 14.7 Å². The molecule has 2 heterocycles. The molecule has 0 aliphatic carbocycles. The molecule has 122 valence electrons. The van der Waals surface area contributed by atoms with E-state index in [1.165, 1.54) is 36.7 Å². The van der Waals surface area contributed by atoms with Crippen LogP contribution in [0.3, 0.4) is 0 Å². The van der Waals surface area contributed by atoms with Gasteiger partial charge in [0.1, 0.15) is 11.5 Å². The Kier molecular flexibility index (Phi) is 4.15. The van der Waals surface area contributed by atoms with Gasteiger partial charge in [-0.3, -0.25) is 15.1 Å². The molecule has 7 nitrogen and oxygen atoms in total. The van der Waals surface area contributed by atoms with Gasteiger partial charge in [0, 0.05) is 23.9 Å². The minimum absolute atomic E-state index is 0.0460. The Morgan fingerprint density at radius 3 is 2.96 bits per heavy atom. The molecule has 0 fully saturated rings. The van der Waals surface area contributed by atoms with E-state index in [1.54, 1.807) is 13.0 Å². The smallest absolute Gasteiger partial charge is 0.411 e. The molecule has 0 bridgehead atoms. The van der Waals surface area contributed by atoms with Crippen LogP contribution in [0.5, 0.6) is 5.75 Å². The van der Waals surface area contributed by atoms with Gasteiger partial charge in [0.05, 0.1) is 23.9 Å². The Balaban J connectivity index is 2.12. The van der Waals surface area contributed by atoms with Crippen molar-refractivity contribution < 1.29 is 19.1 Å². The van der Waals surface area contributed by atoms with E-state index in [4.69, 9.17) is 9.15 Å². The molecule has 0 spiro atoms. The Morgan fingerprint density at radius 2 is 2.17 bits per heavy atom. The van der Waals surface area contributed by atoms with Gasteiger partial charge in [-0.1, -0.05) is 0 Å². The van der Waals surface area contributed by atoms with Crippen molar-refractivity contribution in [1.82, 2.24) is 4.98 Å². The van der Waals surface area contributed by atoms with Crippen LogP contribution in [0.4, 0.5) is 10.5 Å². The van der Waals surface area contributed by atoms with Gasteiger partial charge in [0.25, 0.3) is 0 Å². The molecule has 3 aromatic rings. The van der Waals surface area contributed by atoms with Crippen molar-refractivity contribution in [3.05, 3.63) is 52.9 Å². The van der Waals surface area contributed by atoms with E-state index < -0.39 is 6.09 Å². The summed E-state index contributed by atoms with van der Waals surface area (Å²) < 4.78 is 10.6. The summed E-state index contributed by atoms with van der Waals surface area (Å²) in [4.78, 5) is 27.8. The lowest BCUT2D eigenvalue weighted by Gasteiger charge is -2.11. The molecule has 0 atom stereocenters. The SMILES string of the molecule is CCOC(=O)Nc1cc(O)ccc1-c1cc(=O)c2ccncc2o1. The fourth-order valence-electron chi connectivity index (χ4n) is 2.27. The molecule has 0 radical (unpaired) electrons. The lowest BCUT2D eigenvalue weighted by Crippen LogP contribution is -2.14. The van der Waals surface area contributed by atoms with Gasteiger partial charge in [0.2, 0.25) is 0 Å². The number of anilines is 1. The number of nitrogens with one attached hydrogen (secondary N) is 1. The molecule has 7 heteroatoms. The number of aromatic hydroxyl groups is 1. The molecule has 24 heavy (non-hydrogen) atoms. The summed E-state index contributed by atoms with van der Waals surface area (Å²) in [7, 11) is 0. The van der Waals surface area contributed by atoms with Gasteiger partial charge < -0.3 is 14.3 Å². The fourth-order valence-corrected chi connectivity index (χ4v) is 2.27. The maximum Gasteiger partial charge on any atom is 0.411 e. The molecule has 1 aromatic carbocycles. The van der Waals surface area contributed by atoms with Gasteiger partial charge in [-0.05, 0) is 25.1 Å². The molecule has 2 aromatic heterocycles. The fraction of sp³-hybridized carbons (Fsp3) is 0.118. The molecule has 3 rings (SSSR count). The largest absolute Gasteiger partial charge is 0.508 e. The molecular weight excluding hydrogens is 312 g/mol. The van der Waals surface area contributed by atoms with E-state index in [0.717, 1.165) is 0 Å². The van der Waals surface area contributed by atoms with Crippen LogP contribution < -0.4 is 10.7 Å². The predicted octanol–water partition coefficient (Wildman–Crippen LogP) is 3.13. The van der Waals surface area contributed by atoms with Gasteiger partial charge in [0.15, 0.2) is 11.0 Å². The van der Waals surface area contributed by atoms with Crippen LogP contribution in [0.2, 0.25) is 0 Å². The summed E-state index contributed by atoms with van der Waals surface area (Å²) in [6, 6.07) is 7.21. The van der Waals surface area contributed by atoms with Crippen LogP contribution in [-0.4, -0.2) is 22.8 Å². The van der Waals surface area contributed by atoms with Crippen LogP contribution >= 0.6 is 0 Å². The third-order valence-corrected chi connectivity index (χ3v) is 3.31. The lowest BCUT2D eigenvalue weighted by atomic mass is 10.1. The number of ether oxygens (including phenoxy) is 1. The van der Waals surface area contributed by atoms with Gasteiger partial charge >= 0.3 is 6.09 Å². The third-order valence-electron chi connectivity index (χ3n) is 3.31. The maximum atomic E-state index is 12.2. The normalized spacial score (nSPS) is 10.5. The molecule has 0 saturated heterocycles. The summed E-state index contributed by atoms with van der Waals surface area (Å²) in [5.41, 5.74) is 0.794. The van der Waals surface area contributed by atoms with Crippen LogP contribution in [0.25, 0.3) is 22.3 Å². The van der Waals surface area contributed by atoms with Crippen LogP contribution in [0, 0.1) is 0 Å². The Hall–Kier alpha value is -3.35. The number of carbonyl (C=O) groups is 1. The number of nitrogens with zero attached hydrogens (tertiary/aromatic N) is 1. The Morgan fingerprint density at radius 1 is 1.33 bits per heavy atom. The number of rotatable bonds is 3. The second-order valence-electron chi connectivity index (χ2n) is 4.92. The number of aromatic nitrogens is 1. The monoisotopic (exact) mass is 326 g/mol. The standard InChI is InChI=1S/C17H14N2O5/c1-2-23-17(22)19-13-7-10(20)3-4-11(13)15-8-14(21)12-5-6-18-9-16(12)24-15/h3-9,20H,2H2,1H3,(H,19,22). The summed E-state index contributed by atoms with van der Waals surface area (Å²) in [5, 5.41) is 12.6. The number of phenols is 1. The number of amides is 1. The van der Waals surface area contributed by atoms with Crippen molar-refractivity contribution in [3.63, 3.8) is 0 Å². The molecule has 2 N–H and O–H groups in total. The Bertz CT molecular complexity index is 965. The average Bonchev–Trinajstić information content (AvgIpc) is 2.55. The van der Waals surface area contributed by atoms with Crippen LogP contribution in [0.15, 0.2) is 51.9 Å². The predicted molar refractivity (Wildman–Crippen MR) is 88.0 cm³/mol. The van der Waals surface area contributed by atoms with E-state index in [-0.39, 0.29) is 29.2 Å². The highest BCUT2D eigenvalue weighted by atomic mass is 16.5. The van der Waals surface area contributed by atoms with E-state index >= 15 is 0 Å². The average molecular weight is 326 g/mol. The minimum Gasteiger partial charge on any atom is -0.508 e. The number of carbonyl (C=O) groups excluding carboxylic acids is 1. The maximum absolute atomic E-state index is 12.2. The molecule has 0 saturated carbocycles. The number of phenolic OH excluding ortho intramolecular Hbond substituents is 1. The van der Waals surface area contributed by atoms with E-state index in [2.05, 4.69) is 10.3 Å². The van der Waals surface area contributed by atoms with Gasteiger partial charge in [-0.25, -0.2) is 4.79 Å². The molecule has 0 aliphatic rings. The summed E-state index contributed by atoms with van der Waals surface area (Å²) in [5.74, 6) is 0.197. The number of pyridine rings is 1. The number of hydrogen-bond donors (Lipinski definition) is 2. The van der Waals surface area contributed by atoms with Crippen LogP contribution in [0.1, 0.15) is 6.92 Å².